The Morgan fingerprint density at radius 2 is 1.54 bits per heavy atom. The van der Waals surface area contributed by atoms with Crippen molar-refractivity contribution in [1.82, 2.24) is 0 Å². The molecule has 24 heavy (non-hydrogen) atoms. The summed E-state index contributed by atoms with van der Waals surface area (Å²) in [7, 11) is 0. The van der Waals surface area contributed by atoms with Gasteiger partial charge >= 0.3 is 5.97 Å². The number of halogens is 1. The zero-order valence-electron chi connectivity index (χ0n) is 12.7. The molecule has 1 saturated heterocycles. The van der Waals surface area contributed by atoms with E-state index in [4.69, 9.17) is 4.74 Å². The molecule has 0 radical (unpaired) electrons. The number of rotatable bonds is 5. The van der Waals surface area contributed by atoms with Crippen molar-refractivity contribution in [2.45, 2.75) is 4.58 Å². The van der Waals surface area contributed by atoms with Gasteiger partial charge in [0.25, 0.3) is 0 Å². The molecule has 1 heterocycles. The molecule has 1 fully saturated rings. The lowest BCUT2D eigenvalue weighted by molar-refractivity contribution is 0.0474. The Bertz CT molecular complexity index is 723. The summed E-state index contributed by atoms with van der Waals surface area (Å²) in [5.74, 6) is 0.972. The number of Topliss-reactive ketones (excluding diaryl/α,β-unsaturated/α-hetero) is 1. The minimum atomic E-state index is -0.538. The normalized spacial score (nSPS) is 14.5. The molecule has 1 aliphatic rings. The molecule has 0 spiro atoms. The first-order chi connectivity index (χ1) is 11.6. The zero-order valence-corrected chi connectivity index (χ0v) is 14.4. The summed E-state index contributed by atoms with van der Waals surface area (Å²) in [5.41, 5.74) is 1.91. The zero-order chi connectivity index (χ0) is 16.9. The molecule has 0 bridgehead atoms. The molecular weight excluding hydrogens is 347 g/mol. The van der Waals surface area contributed by atoms with E-state index >= 15 is 0 Å². The lowest BCUT2D eigenvalue weighted by atomic mass is 10.1. The molecule has 0 atom stereocenters. The largest absolute Gasteiger partial charge is 0.454 e. The summed E-state index contributed by atoms with van der Waals surface area (Å²) in [6.07, 6.45) is 0. The predicted octanol–water partition coefficient (Wildman–Crippen LogP) is 4.34. The Balaban J connectivity index is 1.56. The molecular formula is C18H15FO3S2. The van der Waals surface area contributed by atoms with Crippen molar-refractivity contribution in [3.8, 4) is 0 Å². The average Bonchev–Trinajstić information content (AvgIpc) is 3.15. The first-order valence-corrected chi connectivity index (χ1v) is 9.52. The van der Waals surface area contributed by atoms with Crippen LogP contribution in [0.4, 0.5) is 4.39 Å². The number of ketones is 1. The topological polar surface area (TPSA) is 43.4 Å². The van der Waals surface area contributed by atoms with Gasteiger partial charge in [-0.2, -0.15) is 0 Å². The number of carbonyl (C=O) groups is 2. The summed E-state index contributed by atoms with van der Waals surface area (Å²) in [4.78, 5) is 23.9. The van der Waals surface area contributed by atoms with Gasteiger partial charge in [0.05, 0.1) is 10.1 Å². The third-order valence-corrected chi connectivity index (χ3v) is 6.65. The minimum absolute atomic E-state index is 0.315. The van der Waals surface area contributed by atoms with Crippen LogP contribution in [0.5, 0.6) is 0 Å². The van der Waals surface area contributed by atoms with Gasteiger partial charge in [0, 0.05) is 17.1 Å². The molecule has 2 aromatic carbocycles. The SMILES string of the molecule is O=C(COC(=O)c1ccc(C2SCCS2)cc1)c1ccc(F)cc1. The van der Waals surface area contributed by atoms with Gasteiger partial charge in [-0.25, -0.2) is 9.18 Å². The van der Waals surface area contributed by atoms with Crippen LogP contribution in [0.3, 0.4) is 0 Å². The summed E-state index contributed by atoms with van der Waals surface area (Å²) >= 11 is 3.80. The molecule has 0 aromatic heterocycles. The molecule has 0 unspecified atom stereocenters. The fraction of sp³-hybridized carbons (Fsp3) is 0.222. The second-order valence-electron chi connectivity index (χ2n) is 5.20. The van der Waals surface area contributed by atoms with E-state index in [1.807, 2.05) is 35.7 Å². The summed E-state index contributed by atoms with van der Waals surface area (Å²) in [6.45, 7) is -0.361. The van der Waals surface area contributed by atoms with E-state index in [9.17, 15) is 14.0 Å². The van der Waals surface area contributed by atoms with Crippen molar-refractivity contribution in [2.75, 3.05) is 18.1 Å². The van der Waals surface area contributed by atoms with Crippen molar-refractivity contribution in [3.05, 3.63) is 71.0 Å². The van der Waals surface area contributed by atoms with Crippen molar-refractivity contribution < 1.29 is 18.7 Å². The average molecular weight is 362 g/mol. The number of hydrogen-bond donors (Lipinski definition) is 0. The molecule has 0 aliphatic carbocycles. The molecule has 124 valence electrons. The third kappa shape index (κ3) is 4.19. The van der Waals surface area contributed by atoms with Gasteiger partial charge < -0.3 is 4.74 Å². The van der Waals surface area contributed by atoms with Crippen molar-refractivity contribution in [3.63, 3.8) is 0 Å². The van der Waals surface area contributed by atoms with Crippen LogP contribution >= 0.6 is 23.5 Å². The maximum absolute atomic E-state index is 12.8. The van der Waals surface area contributed by atoms with Crippen LogP contribution in [0, 0.1) is 5.82 Å². The molecule has 1 aliphatic heterocycles. The fourth-order valence-corrected chi connectivity index (χ4v) is 5.12. The van der Waals surface area contributed by atoms with Gasteiger partial charge in [0.1, 0.15) is 5.82 Å². The fourth-order valence-electron chi connectivity index (χ4n) is 2.26. The Morgan fingerprint density at radius 3 is 2.17 bits per heavy atom. The Hall–Kier alpha value is -1.79. The van der Waals surface area contributed by atoms with Crippen LogP contribution in [0.2, 0.25) is 0 Å². The molecule has 3 rings (SSSR count). The van der Waals surface area contributed by atoms with Gasteiger partial charge in [0.2, 0.25) is 0 Å². The number of ether oxygens (including phenoxy) is 1. The first kappa shape index (κ1) is 17.0. The highest BCUT2D eigenvalue weighted by Crippen LogP contribution is 2.45. The Morgan fingerprint density at radius 1 is 0.958 bits per heavy atom. The molecule has 2 aromatic rings. The van der Waals surface area contributed by atoms with Gasteiger partial charge in [-0.05, 0) is 42.0 Å². The van der Waals surface area contributed by atoms with Crippen LogP contribution in [-0.4, -0.2) is 29.9 Å². The maximum Gasteiger partial charge on any atom is 0.338 e. The molecule has 6 heteroatoms. The Labute approximate surface area is 148 Å². The summed E-state index contributed by atoms with van der Waals surface area (Å²) < 4.78 is 18.3. The van der Waals surface area contributed by atoms with E-state index in [1.165, 1.54) is 29.8 Å². The lowest BCUT2D eigenvalue weighted by Gasteiger charge is -2.09. The quantitative estimate of drug-likeness (QED) is 0.585. The summed E-state index contributed by atoms with van der Waals surface area (Å²) in [5, 5.41) is 0. The Kier molecular flexibility index (Phi) is 5.58. The molecule has 0 saturated carbocycles. The van der Waals surface area contributed by atoms with E-state index in [2.05, 4.69) is 0 Å². The number of hydrogen-bond acceptors (Lipinski definition) is 5. The summed E-state index contributed by atoms with van der Waals surface area (Å²) in [6, 6.07) is 12.4. The van der Waals surface area contributed by atoms with Gasteiger partial charge in [-0.15, -0.1) is 23.5 Å². The first-order valence-electron chi connectivity index (χ1n) is 7.42. The highest BCUT2D eigenvalue weighted by molar-refractivity contribution is 8.19. The highest BCUT2D eigenvalue weighted by atomic mass is 32.2. The second kappa shape index (κ2) is 7.85. The smallest absolute Gasteiger partial charge is 0.338 e. The van der Waals surface area contributed by atoms with Crippen molar-refractivity contribution in [1.29, 1.82) is 0 Å². The number of thioether (sulfide) groups is 2. The predicted molar refractivity (Wildman–Crippen MR) is 95.1 cm³/mol. The number of carbonyl (C=O) groups excluding carboxylic acids is 2. The van der Waals surface area contributed by atoms with Crippen molar-refractivity contribution in [2.24, 2.45) is 0 Å². The van der Waals surface area contributed by atoms with Crippen LogP contribution in [0.25, 0.3) is 0 Å². The number of esters is 1. The second-order valence-corrected chi connectivity index (χ2v) is 7.93. The van der Waals surface area contributed by atoms with Crippen LogP contribution in [0.1, 0.15) is 30.9 Å². The van der Waals surface area contributed by atoms with Gasteiger partial charge in [-0.1, -0.05) is 12.1 Å². The van der Waals surface area contributed by atoms with E-state index in [0.717, 1.165) is 11.5 Å². The highest BCUT2D eigenvalue weighted by Gasteiger charge is 2.19. The maximum atomic E-state index is 12.8. The molecule has 0 N–H and O–H groups in total. The monoisotopic (exact) mass is 362 g/mol. The van der Waals surface area contributed by atoms with E-state index < -0.39 is 11.8 Å². The van der Waals surface area contributed by atoms with E-state index in [-0.39, 0.29) is 12.4 Å². The van der Waals surface area contributed by atoms with E-state index in [1.54, 1.807) is 12.1 Å². The van der Waals surface area contributed by atoms with Crippen LogP contribution in [-0.2, 0) is 4.74 Å². The molecule has 0 amide bonds. The molecule has 3 nitrogen and oxygen atoms in total. The van der Waals surface area contributed by atoms with Crippen molar-refractivity contribution >= 4 is 35.3 Å². The van der Waals surface area contributed by atoms with Gasteiger partial charge in [0.15, 0.2) is 12.4 Å². The lowest BCUT2D eigenvalue weighted by Crippen LogP contribution is -2.14. The standard InChI is InChI=1S/C18H15FO3S2/c19-15-7-5-12(6-8-15)16(20)11-22-17(21)13-1-3-14(4-2-13)18-23-9-10-24-18/h1-8,18H,9-11H2. The number of benzene rings is 2. The van der Waals surface area contributed by atoms with Crippen LogP contribution < -0.4 is 0 Å². The van der Waals surface area contributed by atoms with E-state index in [0.29, 0.717) is 15.7 Å². The van der Waals surface area contributed by atoms with Gasteiger partial charge in [-0.3, -0.25) is 4.79 Å². The minimum Gasteiger partial charge on any atom is -0.454 e. The third-order valence-electron chi connectivity index (χ3n) is 3.54. The van der Waals surface area contributed by atoms with Crippen LogP contribution in [0.15, 0.2) is 48.5 Å².